The van der Waals surface area contributed by atoms with Crippen LogP contribution in [-0.2, 0) is 20.8 Å². The zero-order valence-electron chi connectivity index (χ0n) is 14.8. The second kappa shape index (κ2) is 8.45. The van der Waals surface area contributed by atoms with E-state index in [1.807, 2.05) is 30.5 Å². The van der Waals surface area contributed by atoms with E-state index in [1.54, 1.807) is 4.68 Å². The predicted molar refractivity (Wildman–Crippen MR) is 96.4 cm³/mol. The van der Waals surface area contributed by atoms with Crippen molar-refractivity contribution in [3.05, 3.63) is 36.0 Å². The normalized spacial score (nSPS) is 19.8. The molecule has 4 rings (SSSR count). The second-order valence-corrected chi connectivity index (χ2v) is 6.63. The molecule has 2 aromatic rings. The highest BCUT2D eigenvalue weighted by Gasteiger charge is 2.17. The van der Waals surface area contributed by atoms with Gasteiger partial charge < -0.3 is 14.2 Å². The van der Waals surface area contributed by atoms with Gasteiger partial charge in [0.15, 0.2) is 0 Å². The lowest BCUT2D eigenvalue weighted by Gasteiger charge is -2.22. The van der Waals surface area contributed by atoms with Gasteiger partial charge in [0.1, 0.15) is 11.8 Å². The molecule has 26 heavy (non-hydrogen) atoms. The van der Waals surface area contributed by atoms with E-state index in [0.29, 0.717) is 45.5 Å². The summed E-state index contributed by atoms with van der Waals surface area (Å²) in [6, 6.07) is 8.17. The van der Waals surface area contributed by atoms with E-state index in [0.717, 1.165) is 16.8 Å². The molecule has 1 saturated heterocycles. The highest BCUT2D eigenvalue weighted by atomic mass is 16.6. The van der Waals surface area contributed by atoms with Crippen molar-refractivity contribution >= 4 is 0 Å². The molecule has 1 aromatic heterocycles. The fourth-order valence-corrected chi connectivity index (χ4v) is 2.68. The molecule has 0 amide bonds. The highest BCUT2D eigenvalue weighted by molar-refractivity contribution is 5.59. The topological polar surface area (TPSA) is 58.4 Å². The molecule has 2 fully saturated rings. The van der Waals surface area contributed by atoms with Crippen LogP contribution in [-0.4, -0.2) is 54.1 Å². The number of nitrogens with zero attached hydrogens (tertiary/aromatic N) is 3. The lowest BCUT2D eigenvalue weighted by Crippen LogP contribution is -2.32. The summed E-state index contributed by atoms with van der Waals surface area (Å²) in [5.41, 5.74) is 2.95. The summed E-state index contributed by atoms with van der Waals surface area (Å²) in [5, 5.41) is 8.42. The van der Waals surface area contributed by atoms with E-state index in [1.165, 1.54) is 12.8 Å². The summed E-state index contributed by atoms with van der Waals surface area (Å²) >= 11 is 0. The molecule has 136 valence electrons. The lowest BCUT2D eigenvalue weighted by atomic mass is 10.1. The van der Waals surface area contributed by atoms with Crippen LogP contribution < -0.4 is 0 Å². The first-order valence-corrected chi connectivity index (χ1v) is 9.16. The molecule has 0 N–H and O–H groups in total. The maximum atomic E-state index is 5.65. The van der Waals surface area contributed by atoms with Crippen LogP contribution in [0, 0.1) is 17.8 Å². The number of hydrogen-bond donors (Lipinski definition) is 0. The van der Waals surface area contributed by atoms with Gasteiger partial charge in [-0.3, -0.25) is 0 Å². The number of ether oxygens (including phenoxy) is 3. The third kappa shape index (κ3) is 4.92. The molecule has 6 nitrogen and oxygen atoms in total. The zero-order chi connectivity index (χ0) is 17.6. The van der Waals surface area contributed by atoms with Crippen molar-refractivity contribution in [3.63, 3.8) is 0 Å². The molecule has 1 aliphatic carbocycles. The summed E-state index contributed by atoms with van der Waals surface area (Å²) in [6.45, 7) is 3.70. The fraction of sp³-hybridized carbons (Fsp3) is 0.500. The molecule has 1 saturated carbocycles. The van der Waals surface area contributed by atoms with E-state index in [4.69, 9.17) is 14.2 Å². The van der Waals surface area contributed by atoms with Crippen LogP contribution >= 0.6 is 0 Å². The molecular weight excluding hydrogens is 330 g/mol. The summed E-state index contributed by atoms with van der Waals surface area (Å²) in [6.07, 6.45) is 4.48. The first kappa shape index (κ1) is 17.2. The van der Waals surface area contributed by atoms with Crippen molar-refractivity contribution in [2.75, 3.05) is 33.0 Å². The van der Waals surface area contributed by atoms with E-state index in [-0.39, 0.29) is 6.10 Å². The van der Waals surface area contributed by atoms with Gasteiger partial charge in [0, 0.05) is 17.0 Å². The summed E-state index contributed by atoms with van der Waals surface area (Å²) in [5.74, 6) is 7.12. The van der Waals surface area contributed by atoms with E-state index in [9.17, 15) is 0 Å². The van der Waals surface area contributed by atoms with Gasteiger partial charge in [0.2, 0.25) is 0 Å². The van der Waals surface area contributed by atoms with Gasteiger partial charge in [-0.15, -0.1) is 5.10 Å². The average molecular weight is 353 g/mol. The average Bonchev–Trinajstić information content (AvgIpc) is 3.41. The Morgan fingerprint density at radius 1 is 1.19 bits per heavy atom. The van der Waals surface area contributed by atoms with Crippen molar-refractivity contribution < 1.29 is 14.2 Å². The summed E-state index contributed by atoms with van der Waals surface area (Å²) in [7, 11) is 0. The molecule has 1 aliphatic heterocycles. The Balaban J connectivity index is 1.25. The van der Waals surface area contributed by atoms with Gasteiger partial charge in [0.25, 0.3) is 0 Å². The Morgan fingerprint density at radius 2 is 2.08 bits per heavy atom. The fourth-order valence-electron chi connectivity index (χ4n) is 2.68. The summed E-state index contributed by atoms with van der Waals surface area (Å²) < 4.78 is 18.3. The molecule has 0 radical (unpaired) electrons. The molecule has 0 bridgehead atoms. The van der Waals surface area contributed by atoms with Crippen LogP contribution in [0.15, 0.2) is 30.5 Å². The summed E-state index contributed by atoms with van der Waals surface area (Å²) in [4.78, 5) is 0. The third-order valence-electron chi connectivity index (χ3n) is 4.37. The smallest absolute Gasteiger partial charge is 0.113 e. The van der Waals surface area contributed by atoms with Crippen LogP contribution in [0.25, 0.3) is 11.3 Å². The third-order valence-corrected chi connectivity index (χ3v) is 4.37. The Labute approximate surface area is 153 Å². The van der Waals surface area contributed by atoms with Crippen LogP contribution in [0.1, 0.15) is 18.4 Å². The van der Waals surface area contributed by atoms with Crippen molar-refractivity contribution in [3.8, 4) is 23.1 Å². The van der Waals surface area contributed by atoms with Gasteiger partial charge in [-0.25, -0.2) is 4.68 Å². The number of hydrogen-bond acceptors (Lipinski definition) is 5. The minimum absolute atomic E-state index is 0.0385. The first-order valence-electron chi connectivity index (χ1n) is 9.16. The molecular formula is C20H23N3O3. The van der Waals surface area contributed by atoms with Crippen molar-refractivity contribution in [1.82, 2.24) is 15.0 Å². The number of aromatic nitrogens is 3. The van der Waals surface area contributed by atoms with Crippen LogP contribution in [0.5, 0.6) is 0 Å². The number of benzene rings is 1. The molecule has 6 heteroatoms. The van der Waals surface area contributed by atoms with E-state index >= 15 is 0 Å². The van der Waals surface area contributed by atoms with Crippen molar-refractivity contribution in [1.29, 1.82) is 0 Å². The molecule has 1 atom stereocenters. The molecule has 2 heterocycles. The Hall–Kier alpha value is -2.20. The minimum atomic E-state index is 0.0385. The Bertz CT molecular complexity index is 766. The highest BCUT2D eigenvalue weighted by Crippen LogP contribution is 2.27. The Kier molecular flexibility index (Phi) is 5.60. The molecule has 2 aliphatic rings. The van der Waals surface area contributed by atoms with Crippen molar-refractivity contribution in [2.45, 2.75) is 25.5 Å². The zero-order valence-corrected chi connectivity index (χ0v) is 14.8. The van der Waals surface area contributed by atoms with Gasteiger partial charge in [0.05, 0.1) is 45.8 Å². The van der Waals surface area contributed by atoms with Crippen molar-refractivity contribution in [2.24, 2.45) is 5.92 Å². The maximum absolute atomic E-state index is 5.65. The van der Waals surface area contributed by atoms with Crippen LogP contribution in [0.2, 0.25) is 0 Å². The quantitative estimate of drug-likeness (QED) is 0.588. The standard InChI is InChI=1S/C20H23N3O3/c1-2-16(1)3-4-17-5-7-18(8-6-17)20-13-23(22-21-20)9-10-24-14-19-15-25-11-12-26-19/h5-8,13,16,19H,1-2,9-12,14-15H2/t19-/m0/s1. The molecule has 0 unspecified atom stereocenters. The maximum Gasteiger partial charge on any atom is 0.113 e. The lowest BCUT2D eigenvalue weighted by molar-refractivity contribution is -0.115. The second-order valence-electron chi connectivity index (χ2n) is 6.63. The van der Waals surface area contributed by atoms with E-state index in [2.05, 4.69) is 22.2 Å². The van der Waals surface area contributed by atoms with E-state index < -0.39 is 0 Å². The first-order chi connectivity index (χ1) is 12.9. The SMILES string of the molecule is C(#CC1CC1)c1ccc(-c2cn(CCOC[C@H]3COCCO3)nn2)cc1. The van der Waals surface area contributed by atoms with Gasteiger partial charge in [-0.2, -0.15) is 0 Å². The van der Waals surface area contributed by atoms with Crippen LogP contribution in [0.4, 0.5) is 0 Å². The minimum Gasteiger partial charge on any atom is -0.377 e. The van der Waals surface area contributed by atoms with Crippen LogP contribution in [0.3, 0.4) is 0 Å². The van der Waals surface area contributed by atoms with Gasteiger partial charge >= 0.3 is 0 Å². The Morgan fingerprint density at radius 3 is 2.85 bits per heavy atom. The molecule has 0 spiro atoms. The predicted octanol–water partition coefficient (Wildman–Crippen LogP) is 2.14. The largest absolute Gasteiger partial charge is 0.377 e. The molecule has 1 aromatic carbocycles. The van der Waals surface area contributed by atoms with Gasteiger partial charge in [-0.1, -0.05) is 29.2 Å². The van der Waals surface area contributed by atoms with Gasteiger partial charge in [-0.05, 0) is 25.0 Å². The number of rotatable bonds is 6. The monoisotopic (exact) mass is 353 g/mol.